The minimum Gasteiger partial charge on any atom is -0.342 e. The van der Waals surface area contributed by atoms with E-state index in [2.05, 4.69) is 29.1 Å². The van der Waals surface area contributed by atoms with Crippen LogP contribution in [0.15, 0.2) is 0 Å². The summed E-state index contributed by atoms with van der Waals surface area (Å²) in [5.74, 6) is 1.49. The standard InChI is InChI=1S/C17H33N3O.ClH/c1-3-4-11-19(2)14-15-7-12-20(13-8-15)17(21)16-5-9-18-10-6-16;/h15-16,18H,3-14H2,1-2H3;1H. The Hall–Kier alpha value is -0.320. The Morgan fingerprint density at radius 3 is 2.41 bits per heavy atom. The summed E-state index contributed by atoms with van der Waals surface area (Å²) in [5.41, 5.74) is 0. The fraction of sp³-hybridized carbons (Fsp3) is 0.941. The van der Waals surface area contributed by atoms with E-state index in [1.54, 1.807) is 0 Å². The smallest absolute Gasteiger partial charge is 0.225 e. The van der Waals surface area contributed by atoms with Gasteiger partial charge in [-0.2, -0.15) is 0 Å². The Morgan fingerprint density at radius 1 is 1.18 bits per heavy atom. The topological polar surface area (TPSA) is 35.6 Å². The molecular weight excluding hydrogens is 298 g/mol. The van der Waals surface area contributed by atoms with Gasteiger partial charge in [0.1, 0.15) is 0 Å². The summed E-state index contributed by atoms with van der Waals surface area (Å²) in [7, 11) is 2.24. The first kappa shape index (κ1) is 19.7. The van der Waals surface area contributed by atoms with Gasteiger partial charge in [0.25, 0.3) is 0 Å². The molecule has 0 saturated carbocycles. The molecule has 0 radical (unpaired) electrons. The number of carbonyl (C=O) groups is 1. The fourth-order valence-corrected chi connectivity index (χ4v) is 3.62. The van der Waals surface area contributed by atoms with E-state index in [4.69, 9.17) is 0 Å². The monoisotopic (exact) mass is 331 g/mol. The molecule has 2 rings (SSSR count). The van der Waals surface area contributed by atoms with Crippen molar-refractivity contribution in [2.24, 2.45) is 11.8 Å². The molecule has 2 fully saturated rings. The average Bonchev–Trinajstić information content (AvgIpc) is 2.54. The first-order valence-corrected chi connectivity index (χ1v) is 8.88. The van der Waals surface area contributed by atoms with Crippen LogP contribution >= 0.6 is 12.4 Å². The summed E-state index contributed by atoms with van der Waals surface area (Å²) >= 11 is 0. The normalized spacial score (nSPS) is 21.0. The molecule has 5 heteroatoms. The number of nitrogens with one attached hydrogen (secondary N) is 1. The lowest BCUT2D eigenvalue weighted by Gasteiger charge is -2.36. The van der Waals surface area contributed by atoms with E-state index in [1.807, 2.05) is 0 Å². The van der Waals surface area contributed by atoms with Crippen molar-refractivity contribution in [3.05, 3.63) is 0 Å². The van der Waals surface area contributed by atoms with E-state index in [1.165, 1.54) is 38.8 Å². The molecular formula is C17H34ClN3O. The maximum atomic E-state index is 12.5. The summed E-state index contributed by atoms with van der Waals surface area (Å²) in [5, 5.41) is 3.34. The van der Waals surface area contributed by atoms with E-state index in [0.717, 1.165) is 44.9 Å². The van der Waals surface area contributed by atoms with Gasteiger partial charge in [0.15, 0.2) is 0 Å². The molecule has 0 unspecified atom stereocenters. The SMILES string of the molecule is CCCCN(C)CC1CCN(C(=O)C2CCNCC2)CC1.Cl. The molecule has 22 heavy (non-hydrogen) atoms. The highest BCUT2D eigenvalue weighted by atomic mass is 35.5. The fourth-order valence-electron chi connectivity index (χ4n) is 3.62. The van der Waals surface area contributed by atoms with Gasteiger partial charge >= 0.3 is 0 Å². The lowest BCUT2D eigenvalue weighted by atomic mass is 9.92. The number of piperidine rings is 2. The average molecular weight is 332 g/mol. The van der Waals surface area contributed by atoms with Crippen LogP contribution in [-0.2, 0) is 4.79 Å². The third-order valence-corrected chi connectivity index (χ3v) is 5.08. The predicted octanol–water partition coefficient (Wildman–Crippen LogP) is 2.38. The van der Waals surface area contributed by atoms with Crippen LogP contribution in [0.2, 0.25) is 0 Å². The third kappa shape index (κ3) is 6.05. The van der Waals surface area contributed by atoms with Gasteiger partial charge in [-0.1, -0.05) is 13.3 Å². The molecule has 0 atom stereocenters. The molecule has 0 bridgehead atoms. The van der Waals surface area contributed by atoms with Crippen LogP contribution in [-0.4, -0.2) is 62.0 Å². The largest absolute Gasteiger partial charge is 0.342 e. The number of unbranched alkanes of at least 4 members (excludes halogenated alkanes) is 1. The lowest BCUT2D eigenvalue weighted by Crippen LogP contribution is -2.45. The van der Waals surface area contributed by atoms with Crippen molar-refractivity contribution in [2.45, 2.75) is 45.4 Å². The molecule has 0 aromatic heterocycles. The van der Waals surface area contributed by atoms with Crippen molar-refractivity contribution in [3.63, 3.8) is 0 Å². The van der Waals surface area contributed by atoms with Crippen molar-refractivity contribution in [1.29, 1.82) is 0 Å². The Bertz CT molecular complexity index is 313. The lowest BCUT2D eigenvalue weighted by molar-refractivity contribution is -0.137. The number of nitrogens with zero attached hydrogens (tertiary/aromatic N) is 2. The number of amides is 1. The minimum atomic E-state index is 0. The predicted molar refractivity (Wildman–Crippen MR) is 94.6 cm³/mol. The van der Waals surface area contributed by atoms with Gasteiger partial charge in [0.05, 0.1) is 0 Å². The van der Waals surface area contributed by atoms with Crippen LogP contribution in [0, 0.1) is 11.8 Å². The second kappa shape index (κ2) is 10.5. The summed E-state index contributed by atoms with van der Waals surface area (Å²) in [4.78, 5) is 17.1. The number of hydrogen-bond donors (Lipinski definition) is 1. The zero-order valence-electron chi connectivity index (χ0n) is 14.4. The van der Waals surface area contributed by atoms with Gasteiger partial charge in [-0.25, -0.2) is 0 Å². The summed E-state index contributed by atoms with van der Waals surface area (Å²) < 4.78 is 0. The van der Waals surface area contributed by atoms with Gasteiger partial charge < -0.3 is 15.1 Å². The van der Waals surface area contributed by atoms with Crippen molar-refractivity contribution in [2.75, 3.05) is 46.3 Å². The van der Waals surface area contributed by atoms with Crippen LogP contribution in [0.3, 0.4) is 0 Å². The second-order valence-electron chi connectivity index (χ2n) is 6.91. The quantitative estimate of drug-likeness (QED) is 0.811. The van der Waals surface area contributed by atoms with Gasteiger partial charge in [-0.15, -0.1) is 12.4 Å². The highest BCUT2D eigenvalue weighted by molar-refractivity contribution is 5.85. The summed E-state index contributed by atoms with van der Waals surface area (Å²) in [6.45, 7) is 8.65. The van der Waals surface area contributed by atoms with Crippen LogP contribution < -0.4 is 5.32 Å². The van der Waals surface area contributed by atoms with Crippen LogP contribution in [0.1, 0.15) is 45.4 Å². The maximum absolute atomic E-state index is 12.5. The molecule has 1 amide bonds. The Labute approximate surface area is 142 Å². The van der Waals surface area contributed by atoms with E-state index < -0.39 is 0 Å². The van der Waals surface area contributed by atoms with Crippen molar-refractivity contribution >= 4 is 18.3 Å². The third-order valence-electron chi connectivity index (χ3n) is 5.08. The first-order valence-electron chi connectivity index (χ1n) is 8.88. The number of hydrogen-bond acceptors (Lipinski definition) is 3. The molecule has 2 aliphatic heterocycles. The highest BCUT2D eigenvalue weighted by Gasteiger charge is 2.29. The van der Waals surface area contributed by atoms with Crippen molar-refractivity contribution < 1.29 is 4.79 Å². The van der Waals surface area contributed by atoms with Crippen LogP contribution in [0.25, 0.3) is 0 Å². The number of likely N-dealkylation sites (tertiary alicyclic amines) is 1. The number of halogens is 1. The van der Waals surface area contributed by atoms with Gasteiger partial charge in [-0.3, -0.25) is 4.79 Å². The summed E-state index contributed by atoms with van der Waals surface area (Å²) in [6, 6.07) is 0. The zero-order valence-corrected chi connectivity index (χ0v) is 15.2. The molecule has 0 aliphatic carbocycles. The van der Waals surface area contributed by atoms with Crippen molar-refractivity contribution in [1.82, 2.24) is 15.1 Å². The van der Waals surface area contributed by atoms with E-state index in [-0.39, 0.29) is 18.3 Å². The molecule has 2 heterocycles. The molecule has 0 spiro atoms. The van der Waals surface area contributed by atoms with Crippen LogP contribution in [0.4, 0.5) is 0 Å². The molecule has 1 N–H and O–H groups in total. The Kier molecular flexibility index (Phi) is 9.37. The van der Waals surface area contributed by atoms with Crippen molar-refractivity contribution in [3.8, 4) is 0 Å². The minimum absolute atomic E-state index is 0. The molecule has 130 valence electrons. The molecule has 2 saturated heterocycles. The molecule has 2 aliphatic rings. The number of carbonyl (C=O) groups excluding carboxylic acids is 1. The van der Waals surface area contributed by atoms with E-state index in [9.17, 15) is 4.79 Å². The first-order chi connectivity index (χ1) is 10.2. The second-order valence-corrected chi connectivity index (χ2v) is 6.91. The summed E-state index contributed by atoms with van der Waals surface area (Å²) in [6.07, 6.45) is 6.99. The Balaban J connectivity index is 0.00000242. The Morgan fingerprint density at radius 2 is 1.82 bits per heavy atom. The van der Waals surface area contributed by atoms with E-state index in [0.29, 0.717) is 5.91 Å². The van der Waals surface area contributed by atoms with Gasteiger partial charge in [-0.05, 0) is 64.7 Å². The molecule has 0 aromatic carbocycles. The van der Waals surface area contributed by atoms with Gasteiger partial charge in [0, 0.05) is 25.6 Å². The number of rotatable bonds is 6. The maximum Gasteiger partial charge on any atom is 0.225 e. The van der Waals surface area contributed by atoms with Crippen LogP contribution in [0.5, 0.6) is 0 Å². The highest BCUT2D eigenvalue weighted by Crippen LogP contribution is 2.22. The molecule has 4 nitrogen and oxygen atoms in total. The van der Waals surface area contributed by atoms with E-state index >= 15 is 0 Å². The zero-order chi connectivity index (χ0) is 15.1. The molecule has 0 aromatic rings. The van der Waals surface area contributed by atoms with Gasteiger partial charge in [0.2, 0.25) is 5.91 Å².